The molecule has 0 spiro atoms. The van der Waals surface area contributed by atoms with E-state index in [-0.39, 0.29) is 10.4 Å². The monoisotopic (exact) mass is 367 g/mol. The highest BCUT2D eigenvalue weighted by atomic mass is 32.2. The zero-order valence-corrected chi connectivity index (χ0v) is 13.4. The third kappa shape index (κ3) is 3.72. The predicted molar refractivity (Wildman–Crippen MR) is 87.8 cm³/mol. The van der Waals surface area contributed by atoms with Gasteiger partial charge in [0.05, 0.1) is 16.0 Å². The molecule has 0 atom stereocenters. The van der Waals surface area contributed by atoms with Gasteiger partial charge in [-0.2, -0.15) is 13.2 Å². The molecule has 0 saturated carbocycles. The van der Waals surface area contributed by atoms with E-state index in [9.17, 15) is 21.6 Å². The molecule has 5 nitrogen and oxygen atoms in total. The van der Waals surface area contributed by atoms with Crippen molar-refractivity contribution in [1.29, 1.82) is 0 Å². The van der Waals surface area contributed by atoms with Crippen molar-refractivity contribution in [3.05, 3.63) is 60.3 Å². The lowest BCUT2D eigenvalue weighted by atomic mass is 10.1. The topological polar surface area (TPSA) is 85.1 Å². The molecule has 0 unspecified atom stereocenters. The van der Waals surface area contributed by atoms with Gasteiger partial charge in [0.25, 0.3) is 0 Å². The Hall–Kier alpha value is -2.65. The third-order valence-electron chi connectivity index (χ3n) is 3.53. The van der Waals surface area contributed by atoms with Crippen molar-refractivity contribution < 1.29 is 21.6 Å². The molecule has 0 amide bonds. The lowest BCUT2D eigenvalue weighted by molar-refractivity contribution is -0.137. The standard InChI is InChI=1S/C16H12F3N3O2S/c17-16(18,19)10-1-6-13-14(7-8-21-15(13)9-10)22-11-2-4-12(5-3-11)25(20,23)24/h1-9H,(H,21,22)(H2,20,23,24). The quantitative estimate of drug-likeness (QED) is 0.740. The number of pyridine rings is 1. The van der Waals surface area contributed by atoms with Crippen LogP contribution in [0.15, 0.2) is 59.6 Å². The molecule has 2 aromatic carbocycles. The average molecular weight is 367 g/mol. The van der Waals surface area contributed by atoms with E-state index in [0.29, 0.717) is 16.8 Å². The summed E-state index contributed by atoms with van der Waals surface area (Å²) in [4.78, 5) is 3.93. The Morgan fingerprint density at radius 3 is 2.28 bits per heavy atom. The smallest absolute Gasteiger partial charge is 0.355 e. The average Bonchev–Trinajstić information content (AvgIpc) is 2.53. The van der Waals surface area contributed by atoms with Crippen LogP contribution in [0.2, 0.25) is 0 Å². The molecule has 0 fully saturated rings. The lowest BCUT2D eigenvalue weighted by Gasteiger charge is -2.12. The first-order valence-corrected chi connectivity index (χ1v) is 8.55. The number of hydrogen-bond donors (Lipinski definition) is 2. The summed E-state index contributed by atoms with van der Waals surface area (Å²) in [6, 6.07) is 10.6. The normalized spacial score (nSPS) is 12.3. The van der Waals surface area contributed by atoms with Crippen LogP contribution in [-0.4, -0.2) is 13.4 Å². The molecule has 0 bridgehead atoms. The summed E-state index contributed by atoms with van der Waals surface area (Å²) < 4.78 is 60.9. The first kappa shape index (κ1) is 17.2. The van der Waals surface area contributed by atoms with E-state index in [1.54, 1.807) is 6.07 Å². The van der Waals surface area contributed by atoms with E-state index < -0.39 is 21.8 Å². The minimum Gasteiger partial charge on any atom is -0.355 e. The number of nitrogens with zero attached hydrogens (tertiary/aromatic N) is 1. The van der Waals surface area contributed by atoms with E-state index in [0.717, 1.165) is 12.1 Å². The minimum atomic E-state index is -4.44. The third-order valence-corrected chi connectivity index (χ3v) is 4.46. The SMILES string of the molecule is NS(=O)(=O)c1ccc(Nc2ccnc3cc(C(F)(F)F)ccc23)cc1. The van der Waals surface area contributed by atoms with Crippen LogP contribution < -0.4 is 10.5 Å². The zero-order valence-electron chi connectivity index (χ0n) is 12.6. The molecular formula is C16H12F3N3O2S. The Morgan fingerprint density at radius 2 is 1.68 bits per heavy atom. The number of anilines is 2. The molecule has 130 valence electrons. The fourth-order valence-electron chi connectivity index (χ4n) is 2.32. The number of nitrogens with two attached hydrogens (primary N) is 1. The fraction of sp³-hybridized carbons (Fsp3) is 0.0625. The molecule has 0 saturated heterocycles. The first-order chi connectivity index (χ1) is 11.6. The Morgan fingerprint density at radius 1 is 1.00 bits per heavy atom. The van der Waals surface area contributed by atoms with Gasteiger partial charge in [0.15, 0.2) is 0 Å². The highest BCUT2D eigenvalue weighted by Gasteiger charge is 2.30. The summed E-state index contributed by atoms with van der Waals surface area (Å²) in [6.45, 7) is 0. The highest BCUT2D eigenvalue weighted by Crippen LogP contribution is 2.33. The molecule has 3 aromatic rings. The van der Waals surface area contributed by atoms with Gasteiger partial charge in [0, 0.05) is 23.0 Å². The molecule has 25 heavy (non-hydrogen) atoms. The second kappa shape index (κ2) is 6.01. The Labute approximate surface area is 141 Å². The molecular weight excluding hydrogens is 355 g/mol. The van der Waals surface area contributed by atoms with Crippen molar-refractivity contribution in [2.45, 2.75) is 11.1 Å². The number of rotatable bonds is 3. The van der Waals surface area contributed by atoms with E-state index >= 15 is 0 Å². The minimum absolute atomic E-state index is 0.0348. The number of hydrogen-bond acceptors (Lipinski definition) is 4. The van der Waals surface area contributed by atoms with Crippen molar-refractivity contribution in [2.24, 2.45) is 5.14 Å². The lowest BCUT2D eigenvalue weighted by Crippen LogP contribution is -2.11. The van der Waals surface area contributed by atoms with Gasteiger partial charge in [0.1, 0.15) is 0 Å². The van der Waals surface area contributed by atoms with Gasteiger partial charge in [-0.25, -0.2) is 13.6 Å². The van der Waals surface area contributed by atoms with Crippen LogP contribution in [0.25, 0.3) is 10.9 Å². The van der Waals surface area contributed by atoms with Gasteiger partial charge in [-0.05, 0) is 42.5 Å². The summed E-state index contributed by atoms with van der Waals surface area (Å²) in [6.07, 6.45) is -3.05. The van der Waals surface area contributed by atoms with E-state index in [1.165, 1.54) is 36.5 Å². The Bertz CT molecular complexity index is 1030. The van der Waals surface area contributed by atoms with Gasteiger partial charge in [-0.3, -0.25) is 4.98 Å². The van der Waals surface area contributed by atoms with Crippen LogP contribution in [0.5, 0.6) is 0 Å². The largest absolute Gasteiger partial charge is 0.416 e. The molecule has 0 radical (unpaired) electrons. The molecule has 9 heteroatoms. The molecule has 0 aliphatic heterocycles. The number of aromatic nitrogens is 1. The highest BCUT2D eigenvalue weighted by molar-refractivity contribution is 7.89. The number of nitrogens with one attached hydrogen (secondary N) is 1. The molecule has 3 N–H and O–H groups in total. The fourth-order valence-corrected chi connectivity index (χ4v) is 2.83. The number of primary sulfonamides is 1. The van der Waals surface area contributed by atoms with Gasteiger partial charge in [-0.15, -0.1) is 0 Å². The van der Waals surface area contributed by atoms with Crippen molar-refractivity contribution in [2.75, 3.05) is 5.32 Å². The first-order valence-electron chi connectivity index (χ1n) is 7.00. The van der Waals surface area contributed by atoms with Crippen molar-refractivity contribution >= 4 is 32.3 Å². The van der Waals surface area contributed by atoms with Crippen molar-refractivity contribution in [3.8, 4) is 0 Å². The number of sulfonamides is 1. The zero-order chi connectivity index (χ0) is 18.2. The van der Waals surface area contributed by atoms with Crippen LogP contribution in [0.4, 0.5) is 24.5 Å². The molecule has 0 aliphatic rings. The molecule has 1 heterocycles. The number of halogens is 3. The van der Waals surface area contributed by atoms with Crippen LogP contribution in [0.3, 0.4) is 0 Å². The van der Waals surface area contributed by atoms with Crippen LogP contribution >= 0.6 is 0 Å². The van der Waals surface area contributed by atoms with E-state index in [4.69, 9.17) is 5.14 Å². The van der Waals surface area contributed by atoms with E-state index in [1.807, 2.05) is 0 Å². The van der Waals surface area contributed by atoms with Gasteiger partial charge in [0.2, 0.25) is 10.0 Å². The summed E-state index contributed by atoms with van der Waals surface area (Å²) in [7, 11) is -3.79. The predicted octanol–water partition coefficient (Wildman–Crippen LogP) is 3.64. The van der Waals surface area contributed by atoms with Crippen LogP contribution in [-0.2, 0) is 16.2 Å². The second-order valence-corrected chi connectivity index (χ2v) is 6.84. The molecule has 0 aliphatic carbocycles. The molecule has 3 rings (SSSR count). The summed E-state index contributed by atoms with van der Waals surface area (Å²) >= 11 is 0. The summed E-state index contributed by atoms with van der Waals surface area (Å²) in [5.41, 5.74) is 0.519. The maximum absolute atomic E-state index is 12.8. The number of fused-ring (bicyclic) bond motifs is 1. The maximum atomic E-state index is 12.8. The van der Waals surface area contributed by atoms with Crippen LogP contribution in [0.1, 0.15) is 5.56 Å². The molecule has 1 aromatic heterocycles. The van der Waals surface area contributed by atoms with Crippen molar-refractivity contribution in [1.82, 2.24) is 4.98 Å². The summed E-state index contributed by atoms with van der Waals surface area (Å²) in [5, 5.41) is 8.57. The second-order valence-electron chi connectivity index (χ2n) is 5.28. The van der Waals surface area contributed by atoms with Crippen molar-refractivity contribution in [3.63, 3.8) is 0 Å². The Kier molecular flexibility index (Phi) is 4.13. The van der Waals surface area contributed by atoms with Gasteiger partial charge >= 0.3 is 6.18 Å². The Balaban J connectivity index is 1.96. The van der Waals surface area contributed by atoms with Gasteiger partial charge < -0.3 is 5.32 Å². The summed E-state index contributed by atoms with van der Waals surface area (Å²) in [5.74, 6) is 0. The van der Waals surface area contributed by atoms with Crippen LogP contribution in [0, 0.1) is 0 Å². The number of benzene rings is 2. The van der Waals surface area contributed by atoms with Gasteiger partial charge in [-0.1, -0.05) is 6.07 Å². The number of alkyl halides is 3. The van der Waals surface area contributed by atoms with E-state index in [2.05, 4.69) is 10.3 Å². The maximum Gasteiger partial charge on any atom is 0.416 e.